The normalized spacial score (nSPS) is 15.2. The third kappa shape index (κ3) is 3.79. The van der Waals surface area contributed by atoms with Gasteiger partial charge < -0.3 is 0 Å². The molecule has 4 nitrogen and oxygen atoms in total. The van der Waals surface area contributed by atoms with E-state index in [1.165, 1.54) is 23.9 Å². The van der Waals surface area contributed by atoms with Crippen molar-refractivity contribution in [3.63, 3.8) is 0 Å². The van der Waals surface area contributed by atoms with Gasteiger partial charge in [0.05, 0.1) is 0 Å². The molecule has 1 heterocycles. The van der Waals surface area contributed by atoms with Gasteiger partial charge in [0.2, 0.25) is 10.0 Å². The summed E-state index contributed by atoms with van der Waals surface area (Å²) < 4.78 is 27.5. The Labute approximate surface area is 148 Å². The molecule has 128 valence electrons. The van der Waals surface area contributed by atoms with Gasteiger partial charge in [0, 0.05) is 18.8 Å². The molecule has 0 saturated heterocycles. The molecule has 0 spiro atoms. The van der Waals surface area contributed by atoms with Crippen molar-refractivity contribution in [1.29, 1.82) is 0 Å². The van der Waals surface area contributed by atoms with Gasteiger partial charge in [0.25, 0.3) is 0 Å². The molecular weight excluding hydrogens is 344 g/mol. The topological polar surface area (TPSA) is 50.3 Å². The zero-order valence-corrected chi connectivity index (χ0v) is 15.4. The fourth-order valence-corrected chi connectivity index (χ4v) is 4.34. The van der Waals surface area contributed by atoms with Crippen LogP contribution in [0, 0.1) is 0 Å². The number of benzene rings is 1. The lowest BCUT2D eigenvalue weighted by molar-refractivity contribution is 0.398. The average molecular weight is 365 g/mol. The average Bonchev–Trinajstić information content (AvgIpc) is 3.38. The number of nitrogens with zero attached hydrogens (tertiary/aromatic N) is 2. The van der Waals surface area contributed by atoms with Crippen molar-refractivity contribution in [2.24, 2.45) is 0 Å². The monoisotopic (exact) mass is 364 g/mol. The molecule has 0 unspecified atom stereocenters. The molecule has 6 heteroatoms. The maximum atomic E-state index is 12.9. The first kappa shape index (κ1) is 17.4. The van der Waals surface area contributed by atoms with Crippen molar-refractivity contribution in [2.75, 3.05) is 0 Å². The second-order valence-corrected chi connectivity index (χ2v) is 8.77. The van der Waals surface area contributed by atoms with E-state index < -0.39 is 10.0 Å². The summed E-state index contributed by atoms with van der Waals surface area (Å²) in [5.74, 6) is 0.461. The highest BCUT2D eigenvalue weighted by Crippen LogP contribution is 2.33. The van der Waals surface area contributed by atoms with E-state index in [0.717, 1.165) is 18.4 Å². The lowest BCUT2D eigenvalue weighted by atomic mass is 10.0. The highest BCUT2D eigenvalue weighted by Gasteiger charge is 2.38. The zero-order valence-electron chi connectivity index (χ0n) is 13.8. The Morgan fingerprint density at radius 2 is 1.83 bits per heavy atom. The first-order valence-electron chi connectivity index (χ1n) is 8.10. The lowest BCUT2D eigenvalue weighted by Crippen LogP contribution is -2.32. The van der Waals surface area contributed by atoms with Crippen LogP contribution in [0.15, 0.2) is 47.5 Å². The van der Waals surface area contributed by atoms with Gasteiger partial charge in [-0.1, -0.05) is 49.7 Å². The van der Waals surface area contributed by atoms with E-state index in [4.69, 9.17) is 11.6 Å². The van der Waals surface area contributed by atoms with Gasteiger partial charge in [-0.05, 0) is 42.0 Å². The summed E-state index contributed by atoms with van der Waals surface area (Å²) in [5, 5.41) is 0.288. The quantitative estimate of drug-likeness (QED) is 0.721. The molecule has 0 aliphatic heterocycles. The maximum Gasteiger partial charge on any atom is 0.245 e. The van der Waals surface area contributed by atoms with Crippen LogP contribution in [0.1, 0.15) is 43.7 Å². The van der Waals surface area contributed by atoms with E-state index in [9.17, 15) is 8.42 Å². The Morgan fingerprint density at radius 1 is 1.17 bits per heavy atom. The molecule has 24 heavy (non-hydrogen) atoms. The van der Waals surface area contributed by atoms with Crippen molar-refractivity contribution < 1.29 is 8.42 Å². The van der Waals surface area contributed by atoms with Crippen LogP contribution in [-0.4, -0.2) is 23.7 Å². The minimum absolute atomic E-state index is 0.0791. The standard InChI is InChI=1S/C18H21ClN2O2S/c1-13(2)15-5-3-14(4-6-15)12-21(16-7-8-16)24(22,23)17-9-10-18(19)20-11-17/h3-6,9-11,13,16H,7-8,12H2,1-2H3. The lowest BCUT2D eigenvalue weighted by Gasteiger charge is -2.22. The third-order valence-corrected chi connectivity index (χ3v) is 6.35. The molecule has 1 fully saturated rings. The van der Waals surface area contributed by atoms with Crippen LogP contribution in [0.2, 0.25) is 5.15 Å². The number of hydrogen-bond donors (Lipinski definition) is 0. The minimum atomic E-state index is -3.57. The molecule has 3 rings (SSSR count). The third-order valence-electron chi connectivity index (χ3n) is 4.25. The zero-order chi connectivity index (χ0) is 17.3. The number of hydrogen-bond acceptors (Lipinski definition) is 3. The number of halogens is 1. The summed E-state index contributed by atoms with van der Waals surface area (Å²) >= 11 is 5.77. The second-order valence-electron chi connectivity index (χ2n) is 6.49. The molecule has 2 aromatic rings. The van der Waals surface area contributed by atoms with Gasteiger partial charge in [0.15, 0.2) is 0 Å². The maximum absolute atomic E-state index is 12.9. The fourth-order valence-electron chi connectivity index (χ4n) is 2.61. The highest BCUT2D eigenvalue weighted by atomic mass is 35.5. The Kier molecular flexibility index (Phi) is 4.95. The second kappa shape index (κ2) is 6.82. The van der Waals surface area contributed by atoms with Crippen molar-refractivity contribution in [3.8, 4) is 0 Å². The van der Waals surface area contributed by atoms with Crippen LogP contribution in [-0.2, 0) is 16.6 Å². The predicted molar refractivity (Wildman–Crippen MR) is 95.5 cm³/mol. The van der Waals surface area contributed by atoms with Crippen LogP contribution >= 0.6 is 11.6 Å². The van der Waals surface area contributed by atoms with Crippen LogP contribution in [0.4, 0.5) is 0 Å². The Morgan fingerprint density at radius 3 is 2.33 bits per heavy atom. The molecule has 1 saturated carbocycles. The van der Waals surface area contributed by atoms with Gasteiger partial charge in [-0.25, -0.2) is 13.4 Å². The molecule has 1 aliphatic rings. The van der Waals surface area contributed by atoms with E-state index in [0.29, 0.717) is 12.5 Å². The number of rotatable bonds is 6. The summed E-state index contributed by atoms with van der Waals surface area (Å²) in [5.41, 5.74) is 2.25. The van der Waals surface area contributed by atoms with E-state index in [1.807, 2.05) is 12.1 Å². The number of aromatic nitrogens is 1. The Bertz CT molecular complexity index is 798. The Balaban J connectivity index is 1.85. The number of pyridine rings is 1. The molecule has 1 aliphatic carbocycles. The van der Waals surface area contributed by atoms with E-state index in [2.05, 4.69) is 31.0 Å². The van der Waals surface area contributed by atoms with Crippen LogP contribution in [0.5, 0.6) is 0 Å². The summed E-state index contributed by atoms with van der Waals surface area (Å²) in [7, 11) is -3.57. The van der Waals surface area contributed by atoms with E-state index in [-0.39, 0.29) is 16.1 Å². The molecular formula is C18H21ClN2O2S. The summed E-state index contributed by atoms with van der Waals surface area (Å²) in [6, 6.07) is 11.3. The largest absolute Gasteiger partial charge is 0.245 e. The fraction of sp³-hybridized carbons (Fsp3) is 0.389. The molecule has 0 radical (unpaired) electrons. The van der Waals surface area contributed by atoms with Gasteiger partial charge >= 0.3 is 0 Å². The predicted octanol–water partition coefficient (Wildman–Crippen LogP) is 4.21. The van der Waals surface area contributed by atoms with Crippen molar-refractivity contribution in [1.82, 2.24) is 9.29 Å². The van der Waals surface area contributed by atoms with E-state index >= 15 is 0 Å². The first-order valence-corrected chi connectivity index (χ1v) is 9.92. The van der Waals surface area contributed by atoms with Gasteiger partial charge in [0.1, 0.15) is 10.0 Å². The highest BCUT2D eigenvalue weighted by molar-refractivity contribution is 7.89. The summed E-state index contributed by atoms with van der Waals surface area (Å²) in [6.07, 6.45) is 3.14. The molecule has 1 aromatic heterocycles. The van der Waals surface area contributed by atoms with E-state index in [1.54, 1.807) is 4.31 Å². The van der Waals surface area contributed by atoms with Gasteiger partial charge in [-0.15, -0.1) is 0 Å². The SMILES string of the molecule is CC(C)c1ccc(CN(C2CC2)S(=O)(=O)c2ccc(Cl)nc2)cc1. The minimum Gasteiger partial charge on any atom is -0.243 e. The first-order chi connectivity index (χ1) is 11.4. The van der Waals surface area contributed by atoms with Crippen molar-refractivity contribution in [3.05, 3.63) is 58.9 Å². The smallest absolute Gasteiger partial charge is 0.243 e. The molecule has 0 N–H and O–H groups in total. The van der Waals surface area contributed by atoms with Gasteiger partial charge in [-0.2, -0.15) is 4.31 Å². The summed E-state index contributed by atoms with van der Waals surface area (Å²) in [4.78, 5) is 4.10. The number of sulfonamides is 1. The molecule has 0 bridgehead atoms. The molecule has 1 aromatic carbocycles. The van der Waals surface area contributed by atoms with Crippen LogP contribution in [0.3, 0.4) is 0 Å². The molecule has 0 amide bonds. The summed E-state index contributed by atoms with van der Waals surface area (Å²) in [6.45, 7) is 4.67. The van der Waals surface area contributed by atoms with Crippen LogP contribution < -0.4 is 0 Å². The van der Waals surface area contributed by atoms with Crippen LogP contribution in [0.25, 0.3) is 0 Å². The Hall–Kier alpha value is -1.43. The molecule has 0 atom stereocenters. The van der Waals surface area contributed by atoms with Crippen molar-refractivity contribution >= 4 is 21.6 Å². The van der Waals surface area contributed by atoms with Crippen molar-refractivity contribution in [2.45, 2.75) is 50.1 Å². The van der Waals surface area contributed by atoms with Gasteiger partial charge in [-0.3, -0.25) is 0 Å².